The molecule has 7 nitrogen and oxygen atoms in total. The zero-order valence-electron chi connectivity index (χ0n) is 17.7. The van der Waals surface area contributed by atoms with Crippen molar-refractivity contribution in [3.63, 3.8) is 0 Å². The van der Waals surface area contributed by atoms with Gasteiger partial charge in [-0.3, -0.25) is 4.98 Å². The number of nitrogens with two attached hydrogens (primary N) is 1. The third-order valence-corrected chi connectivity index (χ3v) is 5.27. The number of likely N-dealkylation sites (N-methyl/N-ethyl adjacent to an activating group) is 1. The van der Waals surface area contributed by atoms with E-state index in [4.69, 9.17) is 15.2 Å². The van der Waals surface area contributed by atoms with E-state index < -0.39 is 0 Å². The van der Waals surface area contributed by atoms with Gasteiger partial charge in [0, 0.05) is 30.4 Å². The Morgan fingerprint density at radius 3 is 2.83 bits per heavy atom. The molecule has 0 atom stereocenters. The topological polar surface area (TPSA) is 86.4 Å². The van der Waals surface area contributed by atoms with Crippen LogP contribution in [-0.2, 0) is 19.6 Å². The highest BCUT2D eigenvalue weighted by Gasteiger charge is 2.17. The summed E-state index contributed by atoms with van der Waals surface area (Å²) in [5.41, 5.74) is 12.8. The van der Waals surface area contributed by atoms with Crippen LogP contribution in [0.25, 0.3) is 11.3 Å². The second-order valence-electron chi connectivity index (χ2n) is 7.61. The van der Waals surface area contributed by atoms with Crippen LogP contribution in [0.1, 0.15) is 29.2 Å². The van der Waals surface area contributed by atoms with Crippen molar-refractivity contribution < 1.29 is 9.47 Å². The molecule has 0 amide bonds. The Labute approximate surface area is 176 Å². The zero-order valence-corrected chi connectivity index (χ0v) is 17.7. The SMILES string of the molecule is CCOc1cncc(COc2nc(-c3cc(C)c4c(c3)CN(C)CC4)cnc2N)c1. The fraction of sp³-hybridized carbons (Fsp3) is 0.348. The number of fused-ring (bicyclic) bond motifs is 1. The summed E-state index contributed by atoms with van der Waals surface area (Å²) in [6, 6.07) is 6.27. The number of nitrogens with zero attached hydrogens (tertiary/aromatic N) is 4. The van der Waals surface area contributed by atoms with E-state index in [1.54, 1.807) is 18.6 Å². The van der Waals surface area contributed by atoms with Crippen molar-refractivity contribution in [1.82, 2.24) is 19.9 Å². The lowest BCUT2D eigenvalue weighted by Gasteiger charge is -2.27. The number of aryl methyl sites for hydroxylation is 1. The molecule has 156 valence electrons. The molecule has 0 unspecified atom stereocenters. The van der Waals surface area contributed by atoms with E-state index in [1.807, 2.05) is 13.0 Å². The van der Waals surface area contributed by atoms with E-state index in [1.165, 1.54) is 16.7 Å². The van der Waals surface area contributed by atoms with Crippen molar-refractivity contribution in [3.8, 4) is 22.9 Å². The van der Waals surface area contributed by atoms with Crippen LogP contribution in [0.4, 0.5) is 5.82 Å². The van der Waals surface area contributed by atoms with Crippen LogP contribution in [0, 0.1) is 6.92 Å². The molecule has 0 saturated carbocycles. The lowest BCUT2D eigenvalue weighted by Crippen LogP contribution is -2.27. The predicted molar refractivity (Wildman–Crippen MR) is 116 cm³/mol. The normalized spacial score (nSPS) is 13.7. The van der Waals surface area contributed by atoms with Crippen LogP contribution in [0.2, 0.25) is 0 Å². The number of benzene rings is 1. The number of ether oxygens (including phenoxy) is 2. The molecule has 1 aromatic carbocycles. The molecule has 7 heteroatoms. The molecule has 2 N–H and O–H groups in total. The molecule has 3 aromatic rings. The molecular weight excluding hydrogens is 378 g/mol. The predicted octanol–water partition coefficient (Wildman–Crippen LogP) is 3.39. The van der Waals surface area contributed by atoms with Crippen LogP contribution in [0.5, 0.6) is 11.6 Å². The molecule has 0 saturated heterocycles. The minimum Gasteiger partial charge on any atom is -0.492 e. The van der Waals surface area contributed by atoms with Crippen molar-refractivity contribution in [2.24, 2.45) is 0 Å². The van der Waals surface area contributed by atoms with E-state index in [0.717, 1.165) is 36.3 Å². The van der Waals surface area contributed by atoms with Gasteiger partial charge in [0.15, 0.2) is 5.82 Å². The molecule has 2 aromatic heterocycles. The number of aromatic nitrogens is 3. The van der Waals surface area contributed by atoms with Crippen LogP contribution in [0.3, 0.4) is 0 Å². The third kappa shape index (κ3) is 4.36. The summed E-state index contributed by atoms with van der Waals surface area (Å²) in [7, 11) is 2.15. The van der Waals surface area contributed by atoms with Gasteiger partial charge in [0.2, 0.25) is 0 Å². The summed E-state index contributed by atoms with van der Waals surface area (Å²) in [6.07, 6.45) is 6.19. The quantitative estimate of drug-likeness (QED) is 0.673. The van der Waals surface area contributed by atoms with Gasteiger partial charge in [0.1, 0.15) is 12.4 Å². The van der Waals surface area contributed by atoms with E-state index in [-0.39, 0.29) is 12.4 Å². The Morgan fingerprint density at radius 2 is 2.00 bits per heavy atom. The molecule has 1 aliphatic heterocycles. The molecule has 4 rings (SSSR count). The first-order valence-corrected chi connectivity index (χ1v) is 10.2. The number of nitrogen functional groups attached to an aromatic ring is 1. The third-order valence-electron chi connectivity index (χ3n) is 5.27. The summed E-state index contributed by atoms with van der Waals surface area (Å²) < 4.78 is 11.4. The smallest absolute Gasteiger partial charge is 0.258 e. The number of hydrogen-bond donors (Lipinski definition) is 1. The minimum atomic E-state index is 0.266. The highest BCUT2D eigenvalue weighted by molar-refractivity contribution is 5.64. The van der Waals surface area contributed by atoms with Crippen molar-refractivity contribution >= 4 is 5.82 Å². The van der Waals surface area contributed by atoms with Gasteiger partial charge in [0.05, 0.1) is 24.7 Å². The van der Waals surface area contributed by atoms with Gasteiger partial charge in [-0.15, -0.1) is 0 Å². The summed E-state index contributed by atoms with van der Waals surface area (Å²) in [5, 5.41) is 0. The Balaban J connectivity index is 1.57. The molecule has 0 spiro atoms. The van der Waals surface area contributed by atoms with E-state index in [2.05, 4.69) is 46.0 Å². The summed E-state index contributed by atoms with van der Waals surface area (Å²) >= 11 is 0. The number of rotatable bonds is 6. The zero-order chi connectivity index (χ0) is 21.1. The number of anilines is 1. The first-order valence-electron chi connectivity index (χ1n) is 10.2. The van der Waals surface area contributed by atoms with Crippen LogP contribution in [-0.4, -0.2) is 40.1 Å². The van der Waals surface area contributed by atoms with Crippen molar-refractivity contribution in [3.05, 3.63) is 59.0 Å². The summed E-state index contributed by atoms with van der Waals surface area (Å²) in [5.74, 6) is 1.30. The Kier molecular flexibility index (Phi) is 5.81. The van der Waals surface area contributed by atoms with Gasteiger partial charge < -0.3 is 20.1 Å². The van der Waals surface area contributed by atoms with Crippen molar-refractivity contribution in [2.45, 2.75) is 33.4 Å². The van der Waals surface area contributed by atoms with Crippen LogP contribution >= 0.6 is 0 Å². The molecule has 30 heavy (non-hydrogen) atoms. The minimum absolute atomic E-state index is 0.266. The van der Waals surface area contributed by atoms with Gasteiger partial charge in [-0.1, -0.05) is 0 Å². The molecule has 0 fully saturated rings. The molecule has 1 aliphatic rings. The van der Waals surface area contributed by atoms with Gasteiger partial charge in [-0.25, -0.2) is 9.97 Å². The second kappa shape index (κ2) is 8.67. The molecular formula is C23H27N5O2. The average molecular weight is 406 g/mol. The highest BCUT2D eigenvalue weighted by Crippen LogP contribution is 2.30. The molecule has 0 bridgehead atoms. The van der Waals surface area contributed by atoms with Gasteiger partial charge >= 0.3 is 0 Å². The Hall–Kier alpha value is -3.19. The first kappa shape index (κ1) is 20.1. The van der Waals surface area contributed by atoms with E-state index in [9.17, 15) is 0 Å². The first-order chi connectivity index (χ1) is 14.5. The van der Waals surface area contributed by atoms with Gasteiger partial charge in [-0.05, 0) is 62.2 Å². The lowest BCUT2D eigenvalue weighted by atomic mass is 9.92. The van der Waals surface area contributed by atoms with Gasteiger partial charge in [-0.2, -0.15) is 0 Å². The summed E-state index contributed by atoms with van der Waals surface area (Å²) in [6.45, 7) is 7.00. The van der Waals surface area contributed by atoms with Crippen LogP contribution in [0.15, 0.2) is 36.8 Å². The van der Waals surface area contributed by atoms with Crippen molar-refractivity contribution in [2.75, 3.05) is 25.9 Å². The Bertz CT molecular complexity index is 1050. The monoisotopic (exact) mass is 405 g/mol. The van der Waals surface area contributed by atoms with Crippen LogP contribution < -0.4 is 15.2 Å². The maximum Gasteiger partial charge on any atom is 0.258 e. The van der Waals surface area contributed by atoms with Crippen molar-refractivity contribution in [1.29, 1.82) is 0 Å². The molecule has 3 heterocycles. The number of hydrogen-bond acceptors (Lipinski definition) is 7. The molecule has 0 radical (unpaired) electrons. The maximum atomic E-state index is 6.02. The van der Waals surface area contributed by atoms with Gasteiger partial charge in [0.25, 0.3) is 5.88 Å². The number of pyridine rings is 1. The highest BCUT2D eigenvalue weighted by atomic mass is 16.5. The van der Waals surface area contributed by atoms with E-state index in [0.29, 0.717) is 18.2 Å². The molecule has 0 aliphatic carbocycles. The maximum absolute atomic E-state index is 6.02. The second-order valence-corrected chi connectivity index (χ2v) is 7.61. The standard InChI is InChI=1S/C23H27N5O2/c1-4-29-19-8-16(10-25-11-19)14-30-23-22(24)26-12-21(27-23)17-7-15(2)20-5-6-28(3)13-18(20)9-17/h7-12H,4-6,13-14H2,1-3H3,(H2,24,26). The average Bonchev–Trinajstić information content (AvgIpc) is 2.73. The lowest BCUT2D eigenvalue weighted by molar-refractivity contribution is 0.292. The Morgan fingerprint density at radius 1 is 1.13 bits per heavy atom. The fourth-order valence-electron chi connectivity index (χ4n) is 3.78. The van der Waals surface area contributed by atoms with E-state index >= 15 is 0 Å². The summed E-state index contributed by atoms with van der Waals surface area (Å²) in [4.78, 5) is 15.5. The largest absolute Gasteiger partial charge is 0.492 e. The fourth-order valence-corrected chi connectivity index (χ4v) is 3.78.